The van der Waals surface area contributed by atoms with E-state index in [0.717, 1.165) is 37.0 Å². The zero-order chi connectivity index (χ0) is 21.5. The van der Waals surface area contributed by atoms with Crippen molar-refractivity contribution in [3.05, 3.63) is 52.6 Å². The summed E-state index contributed by atoms with van der Waals surface area (Å²) in [5.41, 5.74) is 7.32. The average Bonchev–Trinajstić information content (AvgIpc) is 3.19. The van der Waals surface area contributed by atoms with Crippen LogP contribution in [0.5, 0.6) is 0 Å². The Bertz CT molecular complexity index is 894. The molecule has 0 amide bonds. The van der Waals surface area contributed by atoms with Gasteiger partial charge in [-0.1, -0.05) is 17.7 Å². The van der Waals surface area contributed by atoms with Crippen LogP contribution in [0.15, 0.2) is 47.1 Å². The third-order valence-electron chi connectivity index (χ3n) is 8.79. The maximum atomic E-state index is 12.1. The number of benzene rings is 1. The molecule has 0 aromatic heterocycles. The lowest BCUT2D eigenvalue weighted by Crippen LogP contribution is -2.36. The minimum Gasteiger partial charge on any atom is -0.396 e. The van der Waals surface area contributed by atoms with Gasteiger partial charge in [0.05, 0.1) is 0 Å². The molecule has 4 aliphatic carbocycles. The molecule has 166 valence electrons. The largest absolute Gasteiger partial charge is 0.396 e. The number of fused-ring (bicyclic) bond motifs is 4. The van der Waals surface area contributed by atoms with Crippen molar-refractivity contribution in [1.82, 2.24) is 0 Å². The van der Waals surface area contributed by atoms with Gasteiger partial charge in [-0.15, -0.1) is 0 Å². The van der Waals surface area contributed by atoms with Gasteiger partial charge in [-0.25, -0.2) is 0 Å². The van der Waals surface area contributed by atoms with E-state index < -0.39 is 0 Å². The van der Waals surface area contributed by atoms with Crippen molar-refractivity contribution in [3.8, 4) is 0 Å². The van der Waals surface area contributed by atoms with E-state index in [0.29, 0.717) is 30.6 Å². The van der Waals surface area contributed by atoms with Crippen molar-refractivity contribution in [2.75, 3.05) is 25.6 Å². The van der Waals surface area contributed by atoms with E-state index in [1.165, 1.54) is 48.9 Å². The molecule has 0 saturated heterocycles. The van der Waals surface area contributed by atoms with Crippen molar-refractivity contribution in [1.29, 1.82) is 0 Å². The standard InChI is InChI=1S/C28H37NO2/c1-29(2)21-9-5-19(6-10-21)27-17-26-18(4-3-15-30)7-12-24(26)25-13-8-20-16-22(31)11-14-23(20)28(25)27/h5-6,9-10,16,18,24-27,30H,3-4,7-8,11-15,17H2,1-2H3/t18?,24?,25?,26?,27-/m1/s1. The summed E-state index contributed by atoms with van der Waals surface area (Å²) in [5, 5.41) is 9.42. The van der Waals surface area contributed by atoms with E-state index in [-0.39, 0.29) is 0 Å². The summed E-state index contributed by atoms with van der Waals surface area (Å²) in [6.07, 6.45) is 12.0. The quantitative estimate of drug-likeness (QED) is 0.670. The molecular weight excluding hydrogens is 382 g/mol. The van der Waals surface area contributed by atoms with Gasteiger partial charge in [0, 0.05) is 38.7 Å². The summed E-state index contributed by atoms with van der Waals surface area (Å²) < 4.78 is 0. The third-order valence-corrected chi connectivity index (χ3v) is 8.79. The van der Waals surface area contributed by atoms with Crippen molar-refractivity contribution in [2.24, 2.45) is 23.7 Å². The molecule has 0 spiro atoms. The molecule has 2 fully saturated rings. The summed E-state index contributed by atoms with van der Waals surface area (Å²) in [6.45, 7) is 0.324. The fourth-order valence-corrected chi connectivity index (χ4v) is 7.40. The fourth-order valence-electron chi connectivity index (χ4n) is 7.40. The number of carbonyl (C=O) groups is 1. The van der Waals surface area contributed by atoms with Crippen molar-refractivity contribution < 1.29 is 9.90 Å². The van der Waals surface area contributed by atoms with Gasteiger partial charge in [0.1, 0.15) is 0 Å². The van der Waals surface area contributed by atoms with E-state index in [2.05, 4.69) is 43.3 Å². The van der Waals surface area contributed by atoms with Gasteiger partial charge >= 0.3 is 0 Å². The number of aliphatic hydroxyl groups excluding tert-OH is 1. The highest BCUT2D eigenvalue weighted by Crippen LogP contribution is 2.60. The molecule has 1 aromatic carbocycles. The molecule has 0 radical (unpaired) electrons. The number of hydrogen-bond donors (Lipinski definition) is 1. The molecule has 5 rings (SSSR count). The molecule has 1 N–H and O–H groups in total. The van der Waals surface area contributed by atoms with Crippen LogP contribution in [0.25, 0.3) is 0 Å². The van der Waals surface area contributed by atoms with Crippen LogP contribution in [0.2, 0.25) is 0 Å². The highest BCUT2D eigenvalue weighted by atomic mass is 16.2. The van der Waals surface area contributed by atoms with Crippen LogP contribution in [-0.2, 0) is 4.79 Å². The number of aliphatic hydroxyl groups is 1. The van der Waals surface area contributed by atoms with E-state index in [9.17, 15) is 9.90 Å². The Balaban J connectivity index is 1.56. The number of carbonyl (C=O) groups excluding carboxylic acids is 1. The van der Waals surface area contributed by atoms with Gasteiger partial charge in [0.15, 0.2) is 5.78 Å². The SMILES string of the molecule is CN(C)c1ccc([C@H]2CC3C(CCCO)CCC3C3CCC4=CC(=O)CCC4=C32)cc1. The van der Waals surface area contributed by atoms with Crippen LogP contribution in [0.4, 0.5) is 5.69 Å². The van der Waals surface area contributed by atoms with E-state index >= 15 is 0 Å². The zero-order valence-corrected chi connectivity index (χ0v) is 19.1. The van der Waals surface area contributed by atoms with Crippen molar-refractivity contribution >= 4 is 11.5 Å². The number of nitrogens with zero attached hydrogens (tertiary/aromatic N) is 1. The second-order valence-electron chi connectivity index (χ2n) is 10.5. The molecule has 4 aliphatic rings. The fraction of sp³-hybridized carbons (Fsp3) is 0.607. The summed E-state index contributed by atoms with van der Waals surface area (Å²) in [6, 6.07) is 9.25. The molecule has 3 heteroatoms. The smallest absolute Gasteiger partial charge is 0.156 e. The first-order valence-electron chi connectivity index (χ1n) is 12.4. The van der Waals surface area contributed by atoms with Gasteiger partial charge in [-0.3, -0.25) is 4.79 Å². The normalized spacial score (nSPS) is 32.3. The van der Waals surface area contributed by atoms with Gasteiger partial charge in [-0.05, 0) is 110 Å². The summed E-state index contributed by atoms with van der Waals surface area (Å²) in [4.78, 5) is 14.3. The molecule has 4 unspecified atom stereocenters. The van der Waals surface area contributed by atoms with E-state index in [1.54, 1.807) is 11.1 Å². The number of hydrogen-bond acceptors (Lipinski definition) is 3. The number of allylic oxidation sites excluding steroid dienone is 4. The van der Waals surface area contributed by atoms with Crippen LogP contribution < -0.4 is 4.90 Å². The van der Waals surface area contributed by atoms with Crippen LogP contribution in [0.3, 0.4) is 0 Å². The van der Waals surface area contributed by atoms with Crippen LogP contribution in [0, 0.1) is 23.7 Å². The first-order valence-corrected chi connectivity index (χ1v) is 12.4. The first-order chi connectivity index (χ1) is 15.1. The second kappa shape index (κ2) is 8.58. The molecule has 0 heterocycles. The lowest BCUT2D eigenvalue weighted by Gasteiger charge is -2.47. The molecule has 0 aliphatic heterocycles. The Morgan fingerprint density at radius 3 is 2.55 bits per heavy atom. The second-order valence-corrected chi connectivity index (χ2v) is 10.5. The topological polar surface area (TPSA) is 40.5 Å². The predicted octanol–water partition coefficient (Wildman–Crippen LogP) is 5.65. The maximum absolute atomic E-state index is 12.1. The zero-order valence-electron chi connectivity index (χ0n) is 19.1. The molecule has 2 saturated carbocycles. The first kappa shape index (κ1) is 21.0. The lowest BCUT2D eigenvalue weighted by atomic mass is 9.57. The van der Waals surface area contributed by atoms with Crippen LogP contribution >= 0.6 is 0 Å². The van der Waals surface area contributed by atoms with Crippen LogP contribution in [0.1, 0.15) is 69.3 Å². The highest BCUT2D eigenvalue weighted by molar-refractivity contribution is 5.93. The van der Waals surface area contributed by atoms with E-state index in [1.807, 2.05) is 6.08 Å². The molecular formula is C28H37NO2. The Labute approximate surface area is 187 Å². The Kier molecular flexibility index (Phi) is 5.81. The molecule has 31 heavy (non-hydrogen) atoms. The Hall–Kier alpha value is -1.87. The molecule has 0 bridgehead atoms. The monoisotopic (exact) mass is 419 g/mol. The van der Waals surface area contributed by atoms with Crippen LogP contribution in [-0.4, -0.2) is 31.6 Å². The minimum atomic E-state index is 0.323. The molecule has 3 nitrogen and oxygen atoms in total. The number of ketones is 1. The minimum absolute atomic E-state index is 0.323. The third kappa shape index (κ3) is 3.80. The van der Waals surface area contributed by atoms with Gasteiger partial charge in [0.25, 0.3) is 0 Å². The average molecular weight is 420 g/mol. The lowest BCUT2D eigenvalue weighted by molar-refractivity contribution is -0.114. The summed E-state index contributed by atoms with van der Waals surface area (Å²) >= 11 is 0. The summed E-state index contributed by atoms with van der Waals surface area (Å²) in [5.74, 6) is 3.87. The Morgan fingerprint density at radius 2 is 1.81 bits per heavy atom. The van der Waals surface area contributed by atoms with E-state index in [4.69, 9.17) is 0 Å². The van der Waals surface area contributed by atoms with Crippen molar-refractivity contribution in [3.63, 3.8) is 0 Å². The van der Waals surface area contributed by atoms with Gasteiger partial charge < -0.3 is 10.0 Å². The van der Waals surface area contributed by atoms with Crippen molar-refractivity contribution in [2.45, 2.75) is 63.7 Å². The maximum Gasteiger partial charge on any atom is 0.156 e. The predicted molar refractivity (Wildman–Crippen MR) is 126 cm³/mol. The number of rotatable bonds is 5. The van der Waals surface area contributed by atoms with Gasteiger partial charge in [0.2, 0.25) is 0 Å². The molecule has 1 aromatic rings. The number of anilines is 1. The summed E-state index contributed by atoms with van der Waals surface area (Å²) in [7, 11) is 4.20. The molecule has 5 atom stereocenters. The van der Waals surface area contributed by atoms with Gasteiger partial charge in [-0.2, -0.15) is 0 Å². The highest BCUT2D eigenvalue weighted by Gasteiger charge is 2.49. The Morgan fingerprint density at radius 1 is 1.00 bits per heavy atom.